The normalized spacial score (nSPS) is 13.9. The number of benzene rings is 2. The summed E-state index contributed by atoms with van der Waals surface area (Å²) in [6.07, 6.45) is 0. The van der Waals surface area contributed by atoms with Crippen LogP contribution in [0.4, 0.5) is 22.7 Å². The van der Waals surface area contributed by atoms with E-state index in [1.807, 2.05) is 24.3 Å². The third-order valence-corrected chi connectivity index (χ3v) is 4.04. The summed E-state index contributed by atoms with van der Waals surface area (Å²) in [5, 5.41) is 16.4. The maximum atomic E-state index is 12.1. The lowest BCUT2D eigenvalue weighted by Crippen LogP contribution is -2.36. The number of carbonyl (C=O) groups is 1. The molecular formula is C18H20N4O4. The molecule has 1 aliphatic rings. The van der Waals surface area contributed by atoms with Crippen LogP contribution in [0.15, 0.2) is 48.5 Å². The highest BCUT2D eigenvalue weighted by molar-refractivity contribution is 5.93. The van der Waals surface area contributed by atoms with Crippen LogP contribution in [-0.4, -0.2) is 43.7 Å². The molecule has 0 aromatic heterocycles. The summed E-state index contributed by atoms with van der Waals surface area (Å²) in [6.45, 7) is 3.19. The number of anilines is 3. The Balaban J connectivity index is 1.51. The van der Waals surface area contributed by atoms with Gasteiger partial charge in [-0.25, -0.2) is 0 Å². The Morgan fingerprint density at radius 2 is 1.85 bits per heavy atom. The summed E-state index contributed by atoms with van der Waals surface area (Å²) in [6, 6.07) is 13.7. The summed E-state index contributed by atoms with van der Waals surface area (Å²) in [5.74, 6) is -0.226. The molecule has 2 aromatic rings. The van der Waals surface area contributed by atoms with Gasteiger partial charge in [-0.1, -0.05) is 6.07 Å². The van der Waals surface area contributed by atoms with Crippen molar-refractivity contribution in [3.8, 4) is 0 Å². The van der Waals surface area contributed by atoms with Gasteiger partial charge in [0.2, 0.25) is 5.91 Å². The Morgan fingerprint density at radius 3 is 2.54 bits per heavy atom. The molecule has 26 heavy (non-hydrogen) atoms. The van der Waals surface area contributed by atoms with Crippen molar-refractivity contribution in [1.82, 2.24) is 0 Å². The molecule has 136 valence electrons. The quantitative estimate of drug-likeness (QED) is 0.610. The molecule has 8 heteroatoms. The van der Waals surface area contributed by atoms with E-state index in [1.54, 1.807) is 12.1 Å². The van der Waals surface area contributed by atoms with Crippen LogP contribution in [0.1, 0.15) is 0 Å². The van der Waals surface area contributed by atoms with Gasteiger partial charge in [0.15, 0.2) is 0 Å². The Hall–Kier alpha value is -3.13. The van der Waals surface area contributed by atoms with E-state index in [9.17, 15) is 14.9 Å². The number of carbonyl (C=O) groups excluding carboxylic acids is 1. The SMILES string of the molecule is O=C(CNc1cccc([N+](=O)[O-])c1)Nc1ccc(N2CCOCC2)cc1. The molecule has 1 saturated heterocycles. The number of nitrogens with zero attached hydrogens (tertiary/aromatic N) is 2. The van der Waals surface area contributed by atoms with E-state index < -0.39 is 4.92 Å². The fourth-order valence-corrected chi connectivity index (χ4v) is 2.69. The van der Waals surface area contributed by atoms with Gasteiger partial charge in [0, 0.05) is 42.3 Å². The number of ether oxygens (including phenoxy) is 1. The van der Waals surface area contributed by atoms with Crippen molar-refractivity contribution in [2.75, 3.05) is 48.4 Å². The van der Waals surface area contributed by atoms with Crippen LogP contribution in [0.2, 0.25) is 0 Å². The average Bonchev–Trinajstić information content (AvgIpc) is 2.68. The number of morpholine rings is 1. The average molecular weight is 356 g/mol. The Labute approximate surface area is 150 Å². The first-order valence-corrected chi connectivity index (χ1v) is 8.33. The van der Waals surface area contributed by atoms with Gasteiger partial charge in [0.25, 0.3) is 5.69 Å². The van der Waals surface area contributed by atoms with Gasteiger partial charge in [-0.3, -0.25) is 14.9 Å². The summed E-state index contributed by atoms with van der Waals surface area (Å²) in [5.41, 5.74) is 2.31. The first-order chi connectivity index (χ1) is 12.6. The summed E-state index contributed by atoms with van der Waals surface area (Å²) in [7, 11) is 0. The predicted octanol–water partition coefficient (Wildman–Crippen LogP) is 2.48. The van der Waals surface area contributed by atoms with Gasteiger partial charge in [-0.05, 0) is 30.3 Å². The number of hydrogen-bond acceptors (Lipinski definition) is 6. The van der Waals surface area contributed by atoms with Crippen LogP contribution in [-0.2, 0) is 9.53 Å². The highest BCUT2D eigenvalue weighted by Gasteiger charge is 2.11. The van der Waals surface area contributed by atoms with Crippen LogP contribution in [0, 0.1) is 10.1 Å². The molecule has 1 amide bonds. The van der Waals surface area contributed by atoms with Crippen LogP contribution >= 0.6 is 0 Å². The van der Waals surface area contributed by atoms with E-state index >= 15 is 0 Å². The monoisotopic (exact) mass is 356 g/mol. The van der Waals surface area contributed by atoms with Gasteiger partial charge >= 0.3 is 0 Å². The van der Waals surface area contributed by atoms with Crippen molar-refractivity contribution < 1.29 is 14.5 Å². The van der Waals surface area contributed by atoms with E-state index in [0.717, 1.165) is 32.0 Å². The van der Waals surface area contributed by atoms with Crippen LogP contribution in [0.5, 0.6) is 0 Å². The Bertz CT molecular complexity index is 773. The van der Waals surface area contributed by atoms with Crippen LogP contribution in [0.25, 0.3) is 0 Å². The van der Waals surface area contributed by atoms with Crippen LogP contribution < -0.4 is 15.5 Å². The molecule has 0 saturated carbocycles. The number of non-ortho nitro benzene ring substituents is 1. The Morgan fingerprint density at radius 1 is 1.12 bits per heavy atom. The number of nitro groups is 1. The van der Waals surface area contributed by atoms with Crippen molar-refractivity contribution >= 4 is 28.7 Å². The maximum Gasteiger partial charge on any atom is 0.271 e. The van der Waals surface area contributed by atoms with E-state index in [-0.39, 0.29) is 18.1 Å². The second-order valence-electron chi connectivity index (χ2n) is 5.86. The van der Waals surface area contributed by atoms with E-state index in [1.165, 1.54) is 12.1 Å². The maximum absolute atomic E-state index is 12.1. The largest absolute Gasteiger partial charge is 0.378 e. The van der Waals surface area contributed by atoms with Crippen molar-refractivity contribution in [3.63, 3.8) is 0 Å². The van der Waals surface area contributed by atoms with Gasteiger partial charge in [-0.2, -0.15) is 0 Å². The summed E-state index contributed by atoms with van der Waals surface area (Å²) < 4.78 is 5.34. The third-order valence-electron chi connectivity index (χ3n) is 4.04. The zero-order valence-electron chi connectivity index (χ0n) is 14.2. The molecule has 3 rings (SSSR count). The molecule has 1 fully saturated rings. The molecule has 2 aromatic carbocycles. The third kappa shape index (κ3) is 4.70. The van der Waals surface area contributed by atoms with Crippen LogP contribution in [0.3, 0.4) is 0 Å². The van der Waals surface area contributed by atoms with Crippen molar-refractivity contribution in [2.45, 2.75) is 0 Å². The predicted molar refractivity (Wildman–Crippen MR) is 99.7 cm³/mol. The molecule has 0 atom stereocenters. The van der Waals surface area contributed by atoms with Gasteiger partial charge in [0.05, 0.1) is 24.7 Å². The molecule has 2 N–H and O–H groups in total. The molecule has 8 nitrogen and oxygen atoms in total. The summed E-state index contributed by atoms with van der Waals surface area (Å²) in [4.78, 5) is 24.6. The van der Waals surface area contributed by atoms with Crippen molar-refractivity contribution in [2.24, 2.45) is 0 Å². The lowest BCUT2D eigenvalue weighted by molar-refractivity contribution is -0.384. The highest BCUT2D eigenvalue weighted by atomic mass is 16.6. The number of rotatable bonds is 6. The molecule has 0 unspecified atom stereocenters. The molecule has 0 bridgehead atoms. The number of nitrogens with one attached hydrogen (secondary N) is 2. The number of hydrogen-bond donors (Lipinski definition) is 2. The second-order valence-corrected chi connectivity index (χ2v) is 5.86. The molecule has 0 spiro atoms. The zero-order chi connectivity index (χ0) is 18.4. The van der Waals surface area contributed by atoms with Crippen molar-refractivity contribution in [3.05, 3.63) is 58.6 Å². The van der Waals surface area contributed by atoms with E-state index in [0.29, 0.717) is 11.4 Å². The number of nitro benzene ring substituents is 1. The summed E-state index contributed by atoms with van der Waals surface area (Å²) >= 11 is 0. The molecular weight excluding hydrogens is 336 g/mol. The zero-order valence-corrected chi connectivity index (χ0v) is 14.2. The molecule has 1 heterocycles. The molecule has 0 radical (unpaired) electrons. The minimum absolute atomic E-state index is 0.0193. The lowest BCUT2D eigenvalue weighted by Gasteiger charge is -2.28. The van der Waals surface area contributed by atoms with E-state index in [2.05, 4.69) is 15.5 Å². The first kappa shape index (κ1) is 17.7. The minimum Gasteiger partial charge on any atom is -0.378 e. The fraction of sp³-hybridized carbons (Fsp3) is 0.278. The minimum atomic E-state index is -0.471. The van der Waals surface area contributed by atoms with E-state index in [4.69, 9.17) is 4.74 Å². The smallest absolute Gasteiger partial charge is 0.271 e. The first-order valence-electron chi connectivity index (χ1n) is 8.33. The van der Waals surface area contributed by atoms with Gasteiger partial charge in [-0.15, -0.1) is 0 Å². The number of amides is 1. The van der Waals surface area contributed by atoms with Gasteiger partial charge in [0.1, 0.15) is 0 Å². The molecule has 1 aliphatic heterocycles. The van der Waals surface area contributed by atoms with Gasteiger partial charge < -0.3 is 20.3 Å². The Kier molecular flexibility index (Phi) is 5.65. The fourth-order valence-electron chi connectivity index (χ4n) is 2.69. The topological polar surface area (TPSA) is 96.7 Å². The highest BCUT2D eigenvalue weighted by Crippen LogP contribution is 2.19. The molecule has 0 aliphatic carbocycles. The standard InChI is InChI=1S/C18H20N4O4/c23-18(13-19-15-2-1-3-17(12-15)22(24)25)20-14-4-6-16(7-5-14)21-8-10-26-11-9-21/h1-7,12,19H,8-11,13H2,(H,20,23). The second kappa shape index (κ2) is 8.30. The van der Waals surface area contributed by atoms with Crippen molar-refractivity contribution in [1.29, 1.82) is 0 Å². The lowest BCUT2D eigenvalue weighted by atomic mass is 10.2.